The molecule has 1 aliphatic rings. The zero-order valence-corrected chi connectivity index (χ0v) is 15.0. The molecule has 118 valence electrons. The molecule has 1 aromatic carbocycles. The van der Waals surface area contributed by atoms with Crippen molar-refractivity contribution in [2.75, 3.05) is 13.6 Å². The van der Waals surface area contributed by atoms with Crippen molar-refractivity contribution in [1.29, 1.82) is 0 Å². The van der Waals surface area contributed by atoms with E-state index >= 15 is 0 Å². The third-order valence-electron chi connectivity index (χ3n) is 3.60. The van der Waals surface area contributed by atoms with Crippen LogP contribution in [0.15, 0.2) is 47.7 Å². The molecule has 22 heavy (non-hydrogen) atoms. The molecule has 1 fully saturated rings. The highest BCUT2D eigenvalue weighted by atomic mass is 127. The molecular formula is C16H22IN5. The van der Waals surface area contributed by atoms with Crippen molar-refractivity contribution in [3.63, 3.8) is 0 Å². The number of nitrogens with zero attached hydrogens (tertiary/aromatic N) is 3. The molecule has 0 amide bonds. The van der Waals surface area contributed by atoms with E-state index in [1.54, 1.807) is 7.05 Å². The fourth-order valence-electron chi connectivity index (χ4n) is 2.14. The van der Waals surface area contributed by atoms with Gasteiger partial charge in [-0.1, -0.05) is 18.2 Å². The van der Waals surface area contributed by atoms with Crippen LogP contribution in [0.3, 0.4) is 0 Å². The van der Waals surface area contributed by atoms with Crippen LogP contribution in [-0.2, 0) is 6.54 Å². The Morgan fingerprint density at radius 2 is 2.05 bits per heavy atom. The van der Waals surface area contributed by atoms with Gasteiger partial charge < -0.3 is 10.6 Å². The summed E-state index contributed by atoms with van der Waals surface area (Å²) in [5.41, 5.74) is 2.20. The van der Waals surface area contributed by atoms with Gasteiger partial charge in [-0.05, 0) is 30.9 Å². The number of guanidine groups is 1. The minimum Gasteiger partial charge on any atom is -0.356 e. The Bertz CT molecular complexity index is 604. The third-order valence-corrected chi connectivity index (χ3v) is 3.60. The summed E-state index contributed by atoms with van der Waals surface area (Å²) >= 11 is 0. The number of aromatic nitrogens is 2. The van der Waals surface area contributed by atoms with Crippen LogP contribution in [0.1, 0.15) is 18.4 Å². The molecule has 0 atom stereocenters. The van der Waals surface area contributed by atoms with Crippen LogP contribution >= 0.6 is 24.0 Å². The Kier molecular flexibility index (Phi) is 6.23. The first-order valence-electron chi connectivity index (χ1n) is 7.38. The van der Waals surface area contributed by atoms with E-state index in [1.165, 1.54) is 12.8 Å². The van der Waals surface area contributed by atoms with Gasteiger partial charge in [0.2, 0.25) is 0 Å². The highest BCUT2D eigenvalue weighted by molar-refractivity contribution is 14.0. The van der Waals surface area contributed by atoms with Gasteiger partial charge in [-0.25, -0.2) is 4.68 Å². The van der Waals surface area contributed by atoms with E-state index in [4.69, 9.17) is 0 Å². The van der Waals surface area contributed by atoms with Crippen molar-refractivity contribution in [1.82, 2.24) is 20.4 Å². The van der Waals surface area contributed by atoms with Gasteiger partial charge >= 0.3 is 0 Å². The summed E-state index contributed by atoms with van der Waals surface area (Å²) in [6.07, 6.45) is 6.60. The Balaban J connectivity index is 0.00000176. The zero-order chi connectivity index (χ0) is 14.5. The molecule has 1 aromatic heterocycles. The molecule has 5 nitrogen and oxygen atoms in total. The van der Waals surface area contributed by atoms with Crippen LogP contribution in [0.4, 0.5) is 0 Å². The zero-order valence-electron chi connectivity index (χ0n) is 12.7. The number of aliphatic imine (C=N–C) groups is 1. The number of para-hydroxylation sites is 1. The topological polar surface area (TPSA) is 54.2 Å². The predicted molar refractivity (Wildman–Crippen MR) is 99.9 cm³/mol. The van der Waals surface area contributed by atoms with E-state index in [2.05, 4.69) is 20.7 Å². The fourth-order valence-corrected chi connectivity index (χ4v) is 2.14. The summed E-state index contributed by atoms with van der Waals surface area (Å²) in [5.74, 6) is 1.69. The molecule has 2 N–H and O–H groups in total. The Morgan fingerprint density at radius 1 is 1.27 bits per heavy atom. The van der Waals surface area contributed by atoms with Crippen molar-refractivity contribution in [3.05, 3.63) is 48.3 Å². The van der Waals surface area contributed by atoms with Gasteiger partial charge in [0.15, 0.2) is 5.96 Å². The number of rotatable bonds is 5. The lowest BCUT2D eigenvalue weighted by Gasteiger charge is -2.10. The van der Waals surface area contributed by atoms with Crippen LogP contribution in [0.5, 0.6) is 0 Å². The van der Waals surface area contributed by atoms with Crippen molar-refractivity contribution in [2.45, 2.75) is 19.4 Å². The molecule has 0 radical (unpaired) electrons. The summed E-state index contributed by atoms with van der Waals surface area (Å²) in [6.45, 7) is 1.74. The van der Waals surface area contributed by atoms with Crippen LogP contribution in [0.25, 0.3) is 5.69 Å². The van der Waals surface area contributed by atoms with Gasteiger partial charge in [-0.3, -0.25) is 4.99 Å². The number of halogens is 1. The Labute approximate surface area is 148 Å². The smallest absolute Gasteiger partial charge is 0.191 e. The van der Waals surface area contributed by atoms with Crippen molar-refractivity contribution < 1.29 is 0 Å². The maximum absolute atomic E-state index is 4.39. The van der Waals surface area contributed by atoms with Gasteiger partial charge in [0.1, 0.15) is 0 Å². The first-order chi connectivity index (χ1) is 10.3. The highest BCUT2D eigenvalue weighted by Gasteiger charge is 2.20. The van der Waals surface area contributed by atoms with E-state index < -0.39 is 0 Å². The minimum absolute atomic E-state index is 0. The summed E-state index contributed by atoms with van der Waals surface area (Å²) in [6, 6.07) is 10.1. The molecule has 3 rings (SSSR count). The number of hydrogen-bond donors (Lipinski definition) is 2. The maximum atomic E-state index is 4.39. The molecule has 6 heteroatoms. The molecule has 1 heterocycles. The lowest BCUT2D eigenvalue weighted by molar-refractivity contribution is 0.737. The summed E-state index contributed by atoms with van der Waals surface area (Å²) in [7, 11) is 1.80. The summed E-state index contributed by atoms with van der Waals surface area (Å²) < 4.78 is 1.89. The molecule has 1 aliphatic carbocycles. The lowest BCUT2D eigenvalue weighted by Crippen LogP contribution is -2.37. The quantitative estimate of drug-likeness (QED) is 0.452. The van der Waals surface area contributed by atoms with Gasteiger partial charge in [-0.15, -0.1) is 24.0 Å². The van der Waals surface area contributed by atoms with E-state index in [0.29, 0.717) is 0 Å². The van der Waals surface area contributed by atoms with Crippen LogP contribution in [-0.4, -0.2) is 29.3 Å². The fraction of sp³-hybridized carbons (Fsp3) is 0.375. The van der Waals surface area contributed by atoms with E-state index in [-0.39, 0.29) is 24.0 Å². The maximum Gasteiger partial charge on any atom is 0.191 e. The predicted octanol–water partition coefficient (Wildman–Crippen LogP) is 2.57. The normalized spacial score (nSPS) is 14.3. The lowest BCUT2D eigenvalue weighted by atomic mass is 10.3. The second-order valence-corrected chi connectivity index (χ2v) is 5.38. The molecule has 0 bridgehead atoms. The first-order valence-corrected chi connectivity index (χ1v) is 7.38. The third kappa shape index (κ3) is 4.72. The van der Waals surface area contributed by atoms with Crippen LogP contribution in [0.2, 0.25) is 0 Å². The van der Waals surface area contributed by atoms with Crippen molar-refractivity contribution in [3.8, 4) is 5.69 Å². The molecule has 0 aliphatic heterocycles. The van der Waals surface area contributed by atoms with Gasteiger partial charge in [-0.2, -0.15) is 5.10 Å². The highest BCUT2D eigenvalue weighted by Crippen LogP contribution is 2.27. The van der Waals surface area contributed by atoms with Gasteiger partial charge in [0.05, 0.1) is 11.9 Å². The molecule has 0 spiro atoms. The summed E-state index contributed by atoms with van der Waals surface area (Å²) in [4.78, 5) is 4.24. The van der Waals surface area contributed by atoms with E-state index in [1.807, 2.05) is 47.4 Å². The average molecular weight is 411 g/mol. The number of hydrogen-bond acceptors (Lipinski definition) is 2. The van der Waals surface area contributed by atoms with Gasteiger partial charge in [0, 0.05) is 31.9 Å². The Hall–Kier alpha value is -1.57. The van der Waals surface area contributed by atoms with E-state index in [9.17, 15) is 0 Å². The average Bonchev–Trinajstić information content (AvgIpc) is 3.24. The Morgan fingerprint density at radius 3 is 2.73 bits per heavy atom. The summed E-state index contributed by atoms with van der Waals surface area (Å²) in [5, 5.41) is 11.1. The second-order valence-electron chi connectivity index (χ2n) is 5.38. The standard InChI is InChI=1S/C16H21N5.HI/c1-17-16(18-9-13-7-8-13)19-10-14-11-20-21(12-14)15-5-3-2-4-6-15;/h2-6,11-13H,7-10H2,1H3,(H2,17,18,19);1H. The molecular weight excluding hydrogens is 389 g/mol. The van der Waals surface area contributed by atoms with Crippen molar-refractivity contribution in [2.24, 2.45) is 10.9 Å². The monoisotopic (exact) mass is 411 g/mol. The molecule has 0 unspecified atom stereocenters. The van der Waals surface area contributed by atoms with E-state index in [0.717, 1.165) is 36.2 Å². The molecule has 2 aromatic rings. The SMILES string of the molecule is CN=C(NCc1cnn(-c2ccccc2)c1)NCC1CC1.I. The minimum atomic E-state index is 0. The number of benzene rings is 1. The van der Waals surface area contributed by atoms with Crippen LogP contribution < -0.4 is 10.6 Å². The molecule has 0 saturated heterocycles. The van der Waals surface area contributed by atoms with Crippen molar-refractivity contribution >= 4 is 29.9 Å². The second kappa shape index (κ2) is 8.17. The number of nitrogens with one attached hydrogen (secondary N) is 2. The largest absolute Gasteiger partial charge is 0.356 e. The molecule has 1 saturated carbocycles. The van der Waals surface area contributed by atoms with Crippen LogP contribution in [0, 0.1) is 5.92 Å². The first kappa shape index (κ1) is 16.8. The van der Waals surface area contributed by atoms with Gasteiger partial charge in [0.25, 0.3) is 0 Å².